The Labute approximate surface area is 196 Å². The van der Waals surface area contributed by atoms with Crippen LogP contribution >= 0.6 is 0 Å². The third-order valence-electron chi connectivity index (χ3n) is 5.44. The van der Waals surface area contributed by atoms with E-state index in [1.807, 2.05) is 50.2 Å². The van der Waals surface area contributed by atoms with Crippen LogP contribution in [0, 0.1) is 13.8 Å². The van der Waals surface area contributed by atoms with Gasteiger partial charge in [-0.1, -0.05) is 43.3 Å². The van der Waals surface area contributed by atoms with E-state index in [4.69, 9.17) is 4.74 Å². The second-order valence-electron chi connectivity index (χ2n) is 8.04. The van der Waals surface area contributed by atoms with Gasteiger partial charge in [0.1, 0.15) is 18.4 Å². The zero-order chi connectivity index (χ0) is 24.0. The van der Waals surface area contributed by atoms with Gasteiger partial charge in [-0.25, -0.2) is 8.42 Å². The maximum absolute atomic E-state index is 13.1. The molecular formula is C26H30N2O4S. The first-order valence-corrected chi connectivity index (χ1v) is 12.7. The molecule has 0 spiro atoms. The average molecular weight is 467 g/mol. The molecule has 1 amide bonds. The van der Waals surface area contributed by atoms with E-state index >= 15 is 0 Å². The molecule has 0 aromatic heterocycles. The van der Waals surface area contributed by atoms with Gasteiger partial charge in [-0.2, -0.15) is 0 Å². The molecule has 174 valence electrons. The average Bonchev–Trinajstić information content (AvgIpc) is 2.78. The van der Waals surface area contributed by atoms with Gasteiger partial charge in [0.2, 0.25) is 15.9 Å². The van der Waals surface area contributed by atoms with Gasteiger partial charge in [-0.05, 0) is 73.4 Å². The number of ether oxygens (including phenoxy) is 1. The summed E-state index contributed by atoms with van der Waals surface area (Å²) in [4.78, 5) is 13.1. The summed E-state index contributed by atoms with van der Waals surface area (Å²) in [5.41, 5.74) is 4.13. The molecule has 3 aromatic carbocycles. The van der Waals surface area contributed by atoms with Crippen molar-refractivity contribution in [2.24, 2.45) is 0 Å². The standard InChI is InChI=1S/C26H30N2O4S/c1-5-25(28(33(4,30)31)23-14-11-19(2)20(3)17-23)26(29)27-22-12-15-24(16-13-22)32-18-21-9-7-6-8-10-21/h6-17,25H,5,18H2,1-4H3,(H,27,29). The molecule has 0 bridgehead atoms. The molecule has 1 atom stereocenters. The van der Waals surface area contributed by atoms with E-state index in [1.165, 1.54) is 4.31 Å². The highest BCUT2D eigenvalue weighted by Crippen LogP contribution is 2.26. The minimum Gasteiger partial charge on any atom is -0.489 e. The highest BCUT2D eigenvalue weighted by molar-refractivity contribution is 7.92. The van der Waals surface area contributed by atoms with Crippen molar-refractivity contribution in [3.8, 4) is 5.75 Å². The lowest BCUT2D eigenvalue weighted by Gasteiger charge is -2.30. The van der Waals surface area contributed by atoms with E-state index < -0.39 is 16.1 Å². The van der Waals surface area contributed by atoms with Gasteiger partial charge in [0, 0.05) is 5.69 Å². The van der Waals surface area contributed by atoms with E-state index in [1.54, 1.807) is 43.3 Å². The molecule has 0 heterocycles. The third kappa shape index (κ3) is 6.35. The number of carbonyl (C=O) groups excluding carboxylic acids is 1. The summed E-state index contributed by atoms with van der Waals surface area (Å²) < 4.78 is 32.3. The summed E-state index contributed by atoms with van der Waals surface area (Å²) in [7, 11) is -3.68. The molecule has 1 unspecified atom stereocenters. The van der Waals surface area contributed by atoms with Gasteiger partial charge in [0.05, 0.1) is 11.9 Å². The van der Waals surface area contributed by atoms with Gasteiger partial charge in [0.15, 0.2) is 0 Å². The smallest absolute Gasteiger partial charge is 0.248 e. The van der Waals surface area contributed by atoms with Crippen LogP contribution in [0.3, 0.4) is 0 Å². The first-order chi connectivity index (χ1) is 15.7. The zero-order valence-corrected chi connectivity index (χ0v) is 20.2. The van der Waals surface area contributed by atoms with Crippen molar-refractivity contribution < 1.29 is 17.9 Å². The summed E-state index contributed by atoms with van der Waals surface area (Å²) in [6.07, 6.45) is 1.45. The van der Waals surface area contributed by atoms with Crippen LogP contribution in [0.4, 0.5) is 11.4 Å². The van der Waals surface area contributed by atoms with E-state index in [9.17, 15) is 13.2 Å². The van der Waals surface area contributed by atoms with Gasteiger partial charge < -0.3 is 10.1 Å². The number of aryl methyl sites for hydroxylation is 2. The van der Waals surface area contributed by atoms with Crippen molar-refractivity contribution in [2.75, 3.05) is 15.9 Å². The van der Waals surface area contributed by atoms with Crippen molar-refractivity contribution in [3.63, 3.8) is 0 Å². The van der Waals surface area contributed by atoms with Crippen LogP contribution in [0.25, 0.3) is 0 Å². The molecule has 3 rings (SSSR count). The first-order valence-electron chi connectivity index (χ1n) is 10.8. The van der Waals surface area contributed by atoms with Crippen LogP contribution in [-0.4, -0.2) is 26.6 Å². The number of nitrogens with one attached hydrogen (secondary N) is 1. The number of rotatable bonds is 9. The number of anilines is 2. The highest BCUT2D eigenvalue weighted by Gasteiger charge is 2.31. The minimum absolute atomic E-state index is 0.324. The number of amides is 1. The summed E-state index contributed by atoms with van der Waals surface area (Å²) in [6.45, 7) is 6.12. The molecule has 3 aromatic rings. The molecule has 33 heavy (non-hydrogen) atoms. The molecule has 1 N–H and O–H groups in total. The van der Waals surface area contributed by atoms with Crippen molar-refractivity contribution in [1.29, 1.82) is 0 Å². The van der Waals surface area contributed by atoms with E-state index in [-0.39, 0.29) is 5.91 Å². The molecular weight excluding hydrogens is 436 g/mol. The highest BCUT2D eigenvalue weighted by atomic mass is 32.2. The lowest BCUT2D eigenvalue weighted by atomic mass is 10.1. The number of carbonyl (C=O) groups is 1. The fourth-order valence-corrected chi connectivity index (χ4v) is 4.73. The second kappa shape index (κ2) is 10.5. The summed E-state index contributed by atoms with van der Waals surface area (Å²) in [6, 6.07) is 21.4. The SMILES string of the molecule is CCC(C(=O)Nc1ccc(OCc2ccccc2)cc1)N(c1ccc(C)c(C)c1)S(C)(=O)=O. The molecule has 0 radical (unpaired) electrons. The summed E-state index contributed by atoms with van der Waals surface area (Å²) in [5, 5.41) is 2.84. The normalized spacial score (nSPS) is 12.1. The monoisotopic (exact) mass is 466 g/mol. The molecule has 0 aliphatic heterocycles. The topological polar surface area (TPSA) is 75.7 Å². The van der Waals surface area contributed by atoms with Crippen LogP contribution in [0.1, 0.15) is 30.0 Å². The second-order valence-corrected chi connectivity index (χ2v) is 9.90. The predicted octanol–water partition coefficient (Wildman–Crippen LogP) is 5.07. The molecule has 0 fully saturated rings. The van der Waals surface area contributed by atoms with Crippen molar-refractivity contribution in [1.82, 2.24) is 0 Å². The number of hydrogen-bond acceptors (Lipinski definition) is 4. The Bertz CT molecular complexity index is 1190. The Morgan fingerprint density at radius 2 is 1.64 bits per heavy atom. The maximum atomic E-state index is 13.1. The van der Waals surface area contributed by atoms with Crippen molar-refractivity contribution >= 4 is 27.3 Å². The van der Waals surface area contributed by atoms with Crippen LogP contribution < -0.4 is 14.4 Å². The first kappa shape index (κ1) is 24.3. The number of hydrogen-bond donors (Lipinski definition) is 1. The van der Waals surface area contributed by atoms with Gasteiger partial charge in [0.25, 0.3) is 0 Å². The van der Waals surface area contributed by atoms with E-state index in [2.05, 4.69) is 5.32 Å². The van der Waals surface area contributed by atoms with Crippen LogP contribution in [0.2, 0.25) is 0 Å². The fraction of sp³-hybridized carbons (Fsp3) is 0.269. The minimum atomic E-state index is -3.68. The van der Waals surface area contributed by atoms with Gasteiger partial charge >= 0.3 is 0 Å². The molecule has 0 aliphatic rings. The maximum Gasteiger partial charge on any atom is 0.248 e. The van der Waals surface area contributed by atoms with E-state index in [0.717, 1.165) is 22.9 Å². The van der Waals surface area contributed by atoms with E-state index in [0.29, 0.717) is 30.2 Å². The summed E-state index contributed by atoms with van der Waals surface area (Å²) in [5.74, 6) is 0.288. The largest absolute Gasteiger partial charge is 0.489 e. The number of sulfonamides is 1. The quantitative estimate of drug-likeness (QED) is 0.478. The number of benzene rings is 3. The van der Waals surface area contributed by atoms with Crippen LogP contribution in [0.15, 0.2) is 72.8 Å². The van der Waals surface area contributed by atoms with Gasteiger partial charge in [-0.3, -0.25) is 9.10 Å². The number of nitrogens with zero attached hydrogens (tertiary/aromatic N) is 1. The lowest BCUT2D eigenvalue weighted by Crippen LogP contribution is -2.47. The molecule has 0 aliphatic carbocycles. The Kier molecular flexibility index (Phi) is 7.76. The Balaban J connectivity index is 1.74. The summed E-state index contributed by atoms with van der Waals surface area (Å²) >= 11 is 0. The molecule has 0 saturated heterocycles. The molecule has 7 heteroatoms. The fourth-order valence-electron chi connectivity index (χ4n) is 3.52. The van der Waals surface area contributed by atoms with Crippen LogP contribution in [-0.2, 0) is 21.4 Å². The Morgan fingerprint density at radius 1 is 0.970 bits per heavy atom. The predicted molar refractivity (Wildman–Crippen MR) is 133 cm³/mol. The van der Waals surface area contributed by atoms with Gasteiger partial charge in [-0.15, -0.1) is 0 Å². The Morgan fingerprint density at radius 3 is 2.21 bits per heavy atom. The molecule has 0 saturated carbocycles. The van der Waals surface area contributed by atoms with Crippen LogP contribution in [0.5, 0.6) is 5.75 Å². The molecule has 6 nitrogen and oxygen atoms in total. The van der Waals surface area contributed by atoms with Crippen molar-refractivity contribution in [2.45, 2.75) is 39.8 Å². The van der Waals surface area contributed by atoms with Crippen molar-refractivity contribution in [3.05, 3.63) is 89.5 Å². The third-order valence-corrected chi connectivity index (χ3v) is 6.62. The lowest BCUT2D eigenvalue weighted by molar-refractivity contribution is -0.117. The Hall–Kier alpha value is -3.32. The zero-order valence-electron chi connectivity index (χ0n) is 19.4.